The second-order valence-electron chi connectivity index (χ2n) is 5.03. The second kappa shape index (κ2) is 10.8. The lowest BCUT2D eigenvalue weighted by atomic mass is 10.2. The minimum Gasteiger partial charge on any atom is -0.377 e. The molecule has 0 spiro atoms. The molecular formula is C15H29N3O3Si. The Labute approximate surface area is 134 Å². The summed E-state index contributed by atoms with van der Waals surface area (Å²) in [5, 5.41) is 3.38. The molecule has 1 atom stereocenters. The van der Waals surface area contributed by atoms with Crippen molar-refractivity contribution in [1.82, 2.24) is 5.32 Å². The van der Waals surface area contributed by atoms with Gasteiger partial charge in [0.2, 0.25) is 0 Å². The molecule has 5 N–H and O–H groups in total. The standard InChI is InChI=1S/C15H29N3O3Si/c1-19-22(20-2,12-6-10-16)21-15(9-11-17)18-13-14-7-4-3-5-8-14/h3-5,7-8,15,18H,6,9-13,16-17H2,1-2H3. The van der Waals surface area contributed by atoms with E-state index in [1.165, 1.54) is 5.56 Å². The molecule has 22 heavy (non-hydrogen) atoms. The molecule has 1 unspecified atom stereocenters. The Hall–Kier alpha value is -0.803. The summed E-state index contributed by atoms with van der Waals surface area (Å²) in [6, 6.07) is 10.9. The van der Waals surface area contributed by atoms with Crippen molar-refractivity contribution >= 4 is 8.80 Å². The zero-order chi connectivity index (χ0) is 16.3. The zero-order valence-electron chi connectivity index (χ0n) is 13.6. The van der Waals surface area contributed by atoms with Crippen LogP contribution >= 0.6 is 0 Å². The molecule has 0 aliphatic heterocycles. The Kier molecular flexibility index (Phi) is 9.49. The van der Waals surface area contributed by atoms with E-state index in [2.05, 4.69) is 17.4 Å². The number of hydrogen-bond donors (Lipinski definition) is 3. The number of benzene rings is 1. The fourth-order valence-corrected chi connectivity index (χ4v) is 4.32. The Balaban J connectivity index is 2.63. The van der Waals surface area contributed by atoms with Gasteiger partial charge in [0, 0.05) is 26.8 Å². The van der Waals surface area contributed by atoms with Crippen molar-refractivity contribution < 1.29 is 13.3 Å². The third kappa shape index (κ3) is 6.53. The fraction of sp³-hybridized carbons (Fsp3) is 0.600. The maximum absolute atomic E-state index is 6.15. The minimum absolute atomic E-state index is 0.199. The predicted octanol–water partition coefficient (Wildman–Crippen LogP) is 1.05. The molecule has 1 aromatic carbocycles. The average Bonchev–Trinajstić information content (AvgIpc) is 2.57. The maximum Gasteiger partial charge on any atom is 0.501 e. The van der Waals surface area contributed by atoms with Crippen molar-refractivity contribution in [3.63, 3.8) is 0 Å². The van der Waals surface area contributed by atoms with Crippen molar-refractivity contribution in [3.05, 3.63) is 35.9 Å². The molecule has 0 aromatic heterocycles. The minimum atomic E-state index is -2.70. The highest BCUT2D eigenvalue weighted by Gasteiger charge is 2.40. The molecule has 1 rings (SSSR count). The first-order chi connectivity index (χ1) is 10.7. The number of rotatable bonds is 12. The van der Waals surface area contributed by atoms with E-state index in [4.69, 9.17) is 24.7 Å². The SMILES string of the molecule is CO[Si](CCCN)(OC)OC(CCN)NCc1ccccc1. The molecule has 7 heteroatoms. The van der Waals surface area contributed by atoms with Crippen LogP contribution < -0.4 is 16.8 Å². The smallest absolute Gasteiger partial charge is 0.377 e. The van der Waals surface area contributed by atoms with Crippen molar-refractivity contribution in [1.29, 1.82) is 0 Å². The van der Waals surface area contributed by atoms with Gasteiger partial charge in [-0.3, -0.25) is 5.32 Å². The Morgan fingerprint density at radius 1 is 1.09 bits per heavy atom. The zero-order valence-corrected chi connectivity index (χ0v) is 14.6. The summed E-state index contributed by atoms with van der Waals surface area (Å²) in [4.78, 5) is 0. The van der Waals surface area contributed by atoms with E-state index in [0.29, 0.717) is 32.1 Å². The molecule has 0 bridgehead atoms. The lowest BCUT2D eigenvalue weighted by Gasteiger charge is -2.31. The van der Waals surface area contributed by atoms with Gasteiger partial charge in [0.15, 0.2) is 0 Å². The highest BCUT2D eigenvalue weighted by atomic mass is 28.4. The van der Waals surface area contributed by atoms with Gasteiger partial charge in [0.05, 0.1) is 0 Å². The Morgan fingerprint density at radius 2 is 1.77 bits per heavy atom. The molecule has 126 valence electrons. The molecule has 0 aliphatic carbocycles. The number of nitrogens with one attached hydrogen (secondary N) is 1. The lowest BCUT2D eigenvalue weighted by Crippen LogP contribution is -2.51. The third-order valence-corrected chi connectivity index (χ3v) is 6.29. The van der Waals surface area contributed by atoms with E-state index in [1.807, 2.05) is 18.2 Å². The van der Waals surface area contributed by atoms with Gasteiger partial charge in [0.1, 0.15) is 6.23 Å². The summed E-state index contributed by atoms with van der Waals surface area (Å²) in [6.45, 7) is 1.82. The molecule has 0 saturated carbocycles. The van der Waals surface area contributed by atoms with E-state index in [9.17, 15) is 0 Å². The monoisotopic (exact) mass is 327 g/mol. The molecule has 1 aromatic rings. The predicted molar refractivity (Wildman–Crippen MR) is 90.1 cm³/mol. The van der Waals surface area contributed by atoms with E-state index >= 15 is 0 Å². The first-order valence-electron chi connectivity index (χ1n) is 7.65. The maximum atomic E-state index is 6.15. The summed E-state index contributed by atoms with van der Waals surface area (Å²) in [5.74, 6) is 0. The van der Waals surface area contributed by atoms with Gasteiger partial charge >= 0.3 is 8.80 Å². The Bertz CT molecular complexity index is 391. The van der Waals surface area contributed by atoms with E-state index < -0.39 is 8.80 Å². The third-order valence-electron chi connectivity index (χ3n) is 3.44. The van der Waals surface area contributed by atoms with Crippen LogP contribution in [0, 0.1) is 0 Å². The van der Waals surface area contributed by atoms with Crippen LogP contribution in [0.4, 0.5) is 0 Å². The van der Waals surface area contributed by atoms with Crippen molar-refractivity contribution in [3.8, 4) is 0 Å². The van der Waals surface area contributed by atoms with Crippen LogP contribution in [0.3, 0.4) is 0 Å². The van der Waals surface area contributed by atoms with Crippen molar-refractivity contribution in [2.75, 3.05) is 27.3 Å². The summed E-state index contributed by atoms with van der Waals surface area (Å²) < 4.78 is 17.3. The largest absolute Gasteiger partial charge is 0.501 e. The molecule has 0 heterocycles. The second-order valence-corrected chi connectivity index (χ2v) is 7.95. The molecule has 0 saturated heterocycles. The topological polar surface area (TPSA) is 91.8 Å². The van der Waals surface area contributed by atoms with Gasteiger partial charge in [-0.1, -0.05) is 30.3 Å². The van der Waals surface area contributed by atoms with Gasteiger partial charge < -0.3 is 24.7 Å². The van der Waals surface area contributed by atoms with E-state index in [0.717, 1.165) is 6.42 Å². The summed E-state index contributed by atoms with van der Waals surface area (Å²) in [6.07, 6.45) is 1.30. The number of nitrogens with two attached hydrogens (primary N) is 2. The highest BCUT2D eigenvalue weighted by molar-refractivity contribution is 6.60. The summed E-state index contributed by atoms with van der Waals surface area (Å²) in [5.41, 5.74) is 12.5. The average molecular weight is 328 g/mol. The fourth-order valence-electron chi connectivity index (χ4n) is 2.16. The van der Waals surface area contributed by atoms with E-state index in [1.54, 1.807) is 14.2 Å². The molecular weight excluding hydrogens is 298 g/mol. The van der Waals surface area contributed by atoms with Gasteiger partial charge in [-0.25, -0.2) is 0 Å². The molecule has 0 amide bonds. The molecule has 0 fully saturated rings. The van der Waals surface area contributed by atoms with Crippen LogP contribution in [0.25, 0.3) is 0 Å². The van der Waals surface area contributed by atoms with Crippen molar-refractivity contribution in [2.45, 2.75) is 31.7 Å². The van der Waals surface area contributed by atoms with Gasteiger partial charge in [0.25, 0.3) is 0 Å². The lowest BCUT2D eigenvalue weighted by molar-refractivity contribution is 0.0350. The summed E-state index contributed by atoms with van der Waals surface area (Å²) >= 11 is 0. The van der Waals surface area contributed by atoms with E-state index in [-0.39, 0.29) is 6.23 Å². The van der Waals surface area contributed by atoms with Crippen LogP contribution in [0.15, 0.2) is 30.3 Å². The molecule has 0 aliphatic rings. The van der Waals surface area contributed by atoms with Gasteiger partial charge in [-0.2, -0.15) is 0 Å². The first-order valence-corrected chi connectivity index (χ1v) is 9.58. The normalized spacial score (nSPS) is 13.3. The quantitative estimate of drug-likeness (QED) is 0.392. The van der Waals surface area contributed by atoms with Gasteiger partial charge in [-0.05, 0) is 31.5 Å². The van der Waals surface area contributed by atoms with Crippen LogP contribution in [-0.4, -0.2) is 42.3 Å². The number of hydrogen-bond acceptors (Lipinski definition) is 6. The van der Waals surface area contributed by atoms with Crippen LogP contribution in [-0.2, 0) is 19.8 Å². The summed E-state index contributed by atoms with van der Waals surface area (Å²) in [7, 11) is 0.555. The first kappa shape index (κ1) is 19.2. The molecule has 0 radical (unpaired) electrons. The van der Waals surface area contributed by atoms with Crippen LogP contribution in [0.1, 0.15) is 18.4 Å². The van der Waals surface area contributed by atoms with Crippen molar-refractivity contribution in [2.24, 2.45) is 11.5 Å². The van der Waals surface area contributed by atoms with Crippen LogP contribution in [0.5, 0.6) is 0 Å². The van der Waals surface area contributed by atoms with Gasteiger partial charge in [-0.15, -0.1) is 0 Å². The Morgan fingerprint density at radius 3 is 2.32 bits per heavy atom. The molecule has 6 nitrogen and oxygen atoms in total. The van der Waals surface area contributed by atoms with Crippen LogP contribution in [0.2, 0.25) is 6.04 Å². The highest BCUT2D eigenvalue weighted by Crippen LogP contribution is 2.18.